The van der Waals surface area contributed by atoms with Gasteiger partial charge in [0.1, 0.15) is 10.8 Å². The van der Waals surface area contributed by atoms with E-state index in [4.69, 9.17) is 11.6 Å². The maximum absolute atomic E-state index is 11.1. The van der Waals surface area contributed by atoms with Crippen LogP contribution in [0.1, 0.15) is 0 Å². The Morgan fingerprint density at radius 3 is 2.80 bits per heavy atom. The standard InChI is InChI=1S/C14H8ClN3O2/c15-13-6-5-12(18(19)20)14(17-13)10-3-4-11-9(8-10)2-1-7-16-11/h1-8H. The Labute approximate surface area is 119 Å². The molecule has 0 aliphatic rings. The van der Waals surface area contributed by atoms with E-state index in [0.717, 1.165) is 10.9 Å². The minimum absolute atomic E-state index is 0.0716. The van der Waals surface area contributed by atoms with Crippen LogP contribution >= 0.6 is 11.6 Å². The molecule has 0 fully saturated rings. The van der Waals surface area contributed by atoms with Crippen LogP contribution in [0.5, 0.6) is 0 Å². The molecule has 3 aromatic rings. The van der Waals surface area contributed by atoms with Crippen LogP contribution in [-0.2, 0) is 0 Å². The van der Waals surface area contributed by atoms with E-state index in [2.05, 4.69) is 9.97 Å². The van der Waals surface area contributed by atoms with Crippen molar-refractivity contribution in [2.45, 2.75) is 0 Å². The largest absolute Gasteiger partial charge is 0.295 e. The Balaban J connectivity index is 2.24. The van der Waals surface area contributed by atoms with Crippen molar-refractivity contribution in [1.82, 2.24) is 9.97 Å². The second kappa shape index (κ2) is 4.86. The number of pyridine rings is 2. The normalized spacial score (nSPS) is 10.7. The third-order valence-corrected chi connectivity index (χ3v) is 3.12. The van der Waals surface area contributed by atoms with Crippen molar-refractivity contribution in [3.05, 3.63) is 63.9 Å². The van der Waals surface area contributed by atoms with E-state index in [1.807, 2.05) is 18.2 Å². The van der Waals surface area contributed by atoms with Gasteiger partial charge in [0.15, 0.2) is 0 Å². The SMILES string of the molecule is O=[N+]([O-])c1ccc(Cl)nc1-c1ccc2ncccc2c1. The van der Waals surface area contributed by atoms with Gasteiger partial charge >= 0.3 is 0 Å². The molecular weight excluding hydrogens is 278 g/mol. The molecule has 2 heterocycles. The van der Waals surface area contributed by atoms with Crippen LogP contribution in [0.2, 0.25) is 5.15 Å². The van der Waals surface area contributed by atoms with Crippen molar-refractivity contribution in [3.8, 4) is 11.3 Å². The zero-order valence-electron chi connectivity index (χ0n) is 10.2. The van der Waals surface area contributed by atoms with E-state index >= 15 is 0 Å². The lowest BCUT2D eigenvalue weighted by Crippen LogP contribution is -1.95. The molecule has 6 heteroatoms. The molecule has 0 spiro atoms. The summed E-state index contributed by atoms with van der Waals surface area (Å²) in [7, 11) is 0. The molecule has 98 valence electrons. The van der Waals surface area contributed by atoms with Crippen molar-refractivity contribution in [1.29, 1.82) is 0 Å². The maximum Gasteiger partial charge on any atom is 0.295 e. The smallest absolute Gasteiger partial charge is 0.258 e. The summed E-state index contributed by atoms with van der Waals surface area (Å²) in [4.78, 5) is 18.9. The predicted octanol–water partition coefficient (Wildman–Crippen LogP) is 3.86. The van der Waals surface area contributed by atoms with Crippen LogP contribution in [0, 0.1) is 10.1 Å². The second-order valence-electron chi connectivity index (χ2n) is 4.17. The monoisotopic (exact) mass is 285 g/mol. The van der Waals surface area contributed by atoms with E-state index in [9.17, 15) is 10.1 Å². The first-order chi connectivity index (χ1) is 9.65. The summed E-state index contributed by atoms with van der Waals surface area (Å²) in [6, 6.07) is 11.8. The zero-order chi connectivity index (χ0) is 14.1. The van der Waals surface area contributed by atoms with Gasteiger partial charge in [0.05, 0.1) is 10.4 Å². The highest BCUT2D eigenvalue weighted by molar-refractivity contribution is 6.29. The summed E-state index contributed by atoms with van der Waals surface area (Å²) in [5, 5.41) is 12.2. The lowest BCUT2D eigenvalue weighted by molar-refractivity contribution is -0.384. The van der Waals surface area contributed by atoms with Crippen molar-refractivity contribution >= 4 is 28.2 Å². The summed E-state index contributed by atoms with van der Waals surface area (Å²) in [6.45, 7) is 0. The number of hydrogen-bond acceptors (Lipinski definition) is 4. The number of halogens is 1. The minimum atomic E-state index is -0.466. The van der Waals surface area contributed by atoms with Gasteiger partial charge in [-0.3, -0.25) is 15.1 Å². The highest BCUT2D eigenvalue weighted by Gasteiger charge is 2.17. The average Bonchev–Trinajstić information content (AvgIpc) is 2.46. The third kappa shape index (κ3) is 2.19. The molecule has 1 aromatic carbocycles. The van der Waals surface area contributed by atoms with Crippen molar-refractivity contribution in [2.75, 3.05) is 0 Å². The first kappa shape index (κ1) is 12.5. The molecule has 0 bridgehead atoms. The van der Waals surface area contributed by atoms with E-state index in [1.165, 1.54) is 12.1 Å². The zero-order valence-corrected chi connectivity index (χ0v) is 10.9. The number of nitro groups is 1. The van der Waals surface area contributed by atoms with Gasteiger partial charge < -0.3 is 0 Å². The van der Waals surface area contributed by atoms with Crippen LogP contribution < -0.4 is 0 Å². The van der Waals surface area contributed by atoms with Gasteiger partial charge in [0.2, 0.25) is 0 Å². The molecule has 0 saturated carbocycles. The first-order valence-corrected chi connectivity index (χ1v) is 6.19. The lowest BCUT2D eigenvalue weighted by Gasteiger charge is -2.04. The number of rotatable bonds is 2. The molecule has 0 aliphatic heterocycles. The van der Waals surface area contributed by atoms with E-state index in [0.29, 0.717) is 5.56 Å². The topological polar surface area (TPSA) is 68.9 Å². The Morgan fingerprint density at radius 1 is 1.15 bits per heavy atom. The summed E-state index contributed by atoms with van der Waals surface area (Å²) in [5.41, 5.74) is 1.64. The fourth-order valence-electron chi connectivity index (χ4n) is 2.01. The van der Waals surface area contributed by atoms with Gasteiger partial charge in [-0.15, -0.1) is 0 Å². The van der Waals surface area contributed by atoms with Gasteiger partial charge in [-0.2, -0.15) is 0 Å². The minimum Gasteiger partial charge on any atom is -0.258 e. The van der Waals surface area contributed by atoms with Crippen LogP contribution in [-0.4, -0.2) is 14.9 Å². The van der Waals surface area contributed by atoms with Gasteiger partial charge in [0, 0.05) is 23.2 Å². The first-order valence-electron chi connectivity index (χ1n) is 5.81. The second-order valence-corrected chi connectivity index (χ2v) is 4.56. The Kier molecular flexibility index (Phi) is 3.04. The van der Waals surface area contributed by atoms with Crippen LogP contribution in [0.4, 0.5) is 5.69 Å². The molecule has 0 aliphatic carbocycles. The Bertz CT molecular complexity index is 820. The molecule has 0 N–H and O–H groups in total. The molecule has 0 unspecified atom stereocenters. The highest BCUT2D eigenvalue weighted by Crippen LogP contribution is 2.30. The molecule has 2 aromatic heterocycles. The van der Waals surface area contributed by atoms with Gasteiger partial charge in [-0.25, -0.2) is 4.98 Å². The van der Waals surface area contributed by atoms with Crippen LogP contribution in [0.25, 0.3) is 22.2 Å². The molecule has 0 amide bonds. The fourth-order valence-corrected chi connectivity index (χ4v) is 2.16. The van der Waals surface area contributed by atoms with Crippen molar-refractivity contribution < 1.29 is 4.92 Å². The van der Waals surface area contributed by atoms with Gasteiger partial charge in [-0.1, -0.05) is 23.7 Å². The third-order valence-electron chi connectivity index (χ3n) is 2.91. The van der Waals surface area contributed by atoms with E-state index in [1.54, 1.807) is 18.3 Å². The number of fused-ring (bicyclic) bond motifs is 1. The highest BCUT2D eigenvalue weighted by atomic mass is 35.5. The summed E-state index contributed by atoms with van der Waals surface area (Å²) >= 11 is 5.84. The molecule has 0 atom stereocenters. The average molecular weight is 286 g/mol. The molecule has 20 heavy (non-hydrogen) atoms. The van der Waals surface area contributed by atoms with Crippen LogP contribution in [0.15, 0.2) is 48.7 Å². The summed E-state index contributed by atoms with van der Waals surface area (Å²) < 4.78 is 0. The number of hydrogen-bond donors (Lipinski definition) is 0. The molecule has 0 radical (unpaired) electrons. The molecule has 0 saturated heterocycles. The van der Waals surface area contributed by atoms with Crippen molar-refractivity contribution in [2.24, 2.45) is 0 Å². The molecular formula is C14H8ClN3O2. The molecule has 5 nitrogen and oxygen atoms in total. The Morgan fingerprint density at radius 2 is 2.00 bits per heavy atom. The van der Waals surface area contributed by atoms with Gasteiger partial charge in [-0.05, 0) is 24.3 Å². The predicted molar refractivity (Wildman–Crippen MR) is 76.6 cm³/mol. The summed E-state index contributed by atoms with van der Waals surface area (Å²) in [5.74, 6) is 0. The quantitative estimate of drug-likeness (QED) is 0.407. The van der Waals surface area contributed by atoms with Crippen LogP contribution in [0.3, 0.4) is 0 Å². The Hall–Kier alpha value is -2.53. The fraction of sp³-hybridized carbons (Fsp3) is 0. The van der Waals surface area contributed by atoms with E-state index < -0.39 is 4.92 Å². The number of aromatic nitrogens is 2. The van der Waals surface area contributed by atoms with E-state index in [-0.39, 0.29) is 16.5 Å². The maximum atomic E-state index is 11.1. The molecule has 3 rings (SSSR count). The summed E-state index contributed by atoms with van der Waals surface area (Å²) in [6.07, 6.45) is 1.70. The number of benzene rings is 1. The van der Waals surface area contributed by atoms with Gasteiger partial charge in [0.25, 0.3) is 5.69 Å². The number of nitrogens with zero attached hydrogens (tertiary/aromatic N) is 3. The van der Waals surface area contributed by atoms with Crippen molar-refractivity contribution in [3.63, 3.8) is 0 Å². The lowest BCUT2D eigenvalue weighted by atomic mass is 10.1.